The zero-order valence-corrected chi connectivity index (χ0v) is 19.1. The van der Waals surface area contributed by atoms with E-state index in [2.05, 4.69) is 5.32 Å². The number of benzene rings is 3. The van der Waals surface area contributed by atoms with E-state index in [0.717, 1.165) is 11.6 Å². The first-order valence-corrected chi connectivity index (χ1v) is 10.5. The molecular weight excluding hydrogens is 465 g/mol. The number of ether oxygens (including phenoxy) is 3. The molecule has 176 valence electrons. The van der Waals surface area contributed by atoms with Crippen LogP contribution >= 0.6 is 11.6 Å². The molecule has 3 aromatic rings. The monoisotopic (exact) mass is 485 g/mol. The molecule has 0 aliphatic carbocycles. The van der Waals surface area contributed by atoms with Crippen molar-refractivity contribution in [2.45, 2.75) is 13.5 Å². The number of rotatable bonds is 9. The summed E-state index contributed by atoms with van der Waals surface area (Å²) in [6.07, 6.45) is 0. The van der Waals surface area contributed by atoms with Gasteiger partial charge < -0.3 is 19.5 Å². The van der Waals surface area contributed by atoms with Crippen LogP contribution in [0.4, 0.5) is 10.1 Å². The fraction of sp³-hybridized carbons (Fsp3) is 0.160. The van der Waals surface area contributed by atoms with Crippen molar-refractivity contribution in [3.05, 3.63) is 88.2 Å². The number of hydrogen-bond donors (Lipinski definition) is 1. The van der Waals surface area contributed by atoms with E-state index in [1.165, 1.54) is 44.4 Å². The lowest BCUT2D eigenvalue weighted by Gasteiger charge is -2.13. The van der Waals surface area contributed by atoms with Crippen LogP contribution in [0.3, 0.4) is 0 Å². The average Bonchev–Trinajstić information content (AvgIpc) is 2.81. The van der Waals surface area contributed by atoms with Gasteiger partial charge in [0, 0.05) is 23.2 Å². The van der Waals surface area contributed by atoms with Crippen molar-refractivity contribution in [2.24, 2.45) is 0 Å². The number of carbonyl (C=O) groups excluding carboxylic acids is 3. The first-order valence-electron chi connectivity index (χ1n) is 10.1. The molecule has 1 N–H and O–H groups in total. The summed E-state index contributed by atoms with van der Waals surface area (Å²) in [6.45, 7) is 0.811. The third-order valence-corrected chi connectivity index (χ3v) is 5.03. The lowest BCUT2D eigenvalue weighted by molar-refractivity contribution is -0.114. The highest BCUT2D eigenvalue weighted by molar-refractivity contribution is 6.31. The van der Waals surface area contributed by atoms with Crippen LogP contribution < -0.4 is 14.8 Å². The summed E-state index contributed by atoms with van der Waals surface area (Å²) in [5.41, 5.74) is 0.854. The van der Waals surface area contributed by atoms with E-state index in [0.29, 0.717) is 10.8 Å². The van der Waals surface area contributed by atoms with Crippen LogP contribution in [0.1, 0.15) is 33.2 Å². The molecule has 3 aromatic carbocycles. The molecule has 0 aliphatic rings. The predicted molar refractivity (Wildman–Crippen MR) is 124 cm³/mol. The van der Waals surface area contributed by atoms with Crippen LogP contribution in [-0.2, 0) is 16.1 Å². The molecular formula is C25H21ClFNO6. The Morgan fingerprint density at radius 2 is 1.76 bits per heavy atom. The van der Waals surface area contributed by atoms with Crippen LogP contribution in [0.15, 0.2) is 60.7 Å². The van der Waals surface area contributed by atoms with Gasteiger partial charge in [0.25, 0.3) is 0 Å². The second-order valence-corrected chi connectivity index (χ2v) is 7.53. The second-order valence-electron chi connectivity index (χ2n) is 7.12. The third-order valence-electron chi connectivity index (χ3n) is 4.66. The van der Waals surface area contributed by atoms with Crippen LogP contribution in [-0.4, -0.2) is 31.4 Å². The largest absolute Gasteiger partial charge is 0.493 e. The fourth-order valence-corrected chi connectivity index (χ4v) is 3.19. The molecule has 1 amide bonds. The molecule has 0 saturated heterocycles. The van der Waals surface area contributed by atoms with Gasteiger partial charge in [0.1, 0.15) is 12.4 Å². The maximum atomic E-state index is 14.2. The number of anilines is 1. The molecule has 0 bridgehead atoms. The van der Waals surface area contributed by atoms with E-state index in [1.54, 1.807) is 6.07 Å². The molecule has 34 heavy (non-hydrogen) atoms. The summed E-state index contributed by atoms with van der Waals surface area (Å²) >= 11 is 6.13. The third kappa shape index (κ3) is 6.32. The Labute approximate surface area is 200 Å². The number of hydrogen-bond acceptors (Lipinski definition) is 6. The molecule has 0 aliphatic heterocycles. The molecule has 9 heteroatoms. The van der Waals surface area contributed by atoms with Crippen LogP contribution in [0.5, 0.6) is 11.5 Å². The number of ketones is 1. The lowest BCUT2D eigenvalue weighted by Crippen LogP contribution is -2.16. The molecule has 0 spiro atoms. The minimum atomic E-state index is -0.839. The summed E-state index contributed by atoms with van der Waals surface area (Å²) in [5.74, 6) is -2.06. The molecule has 7 nitrogen and oxygen atoms in total. The van der Waals surface area contributed by atoms with Crippen LogP contribution in [0.2, 0.25) is 5.02 Å². The molecule has 0 saturated carbocycles. The Morgan fingerprint density at radius 3 is 2.44 bits per heavy atom. The number of amides is 1. The van der Waals surface area contributed by atoms with Crippen molar-refractivity contribution < 1.29 is 33.0 Å². The summed E-state index contributed by atoms with van der Waals surface area (Å²) in [5, 5.41) is 2.98. The van der Waals surface area contributed by atoms with Gasteiger partial charge in [0.05, 0.1) is 18.2 Å². The highest BCUT2D eigenvalue weighted by Crippen LogP contribution is 2.30. The zero-order chi connectivity index (χ0) is 24.7. The number of esters is 1. The SMILES string of the molecule is COc1cc(C(=O)OCC(=O)c2ccc(NC(C)=O)cc2F)ccc1OCc1ccccc1Cl. The summed E-state index contributed by atoms with van der Waals surface area (Å²) in [6, 6.07) is 15.2. The van der Waals surface area contributed by atoms with Gasteiger partial charge in [0.2, 0.25) is 11.7 Å². The second kappa shape index (κ2) is 11.3. The number of nitrogens with one attached hydrogen (secondary N) is 1. The van der Waals surface area contributed by atoms with Crippen molar-refractivity contribution in [3.8, 4) is 11.5 Å². The fourth-order valence-electron chi connectivity index (χ4n) is 3.00. The molecule has 3 rings (SSSR count). The van der Waals surface area contributed by atoms with Crippen molar-refractivity contribution in [1.82, 2.24) is 0 Å². The molecule has 0 fully saturated rings. The molecule has 0 radical (unpaired) electrons. The Bertz CT molecular complexity index is 1230. The van der Waals surface area contributed by atoms with Gasteiger partial charge in [-0.1, -0.05) is 29.8 Å². The Morgan fingerprint density at radius 1 is 1.00 bits per heavy atom. The number of halogens is 2. The summed E-state index contributed by atoms with van der Waals surface area (Å²) in [7, 11) is 1.42. The summed E-state index contributed by atoms with van der Waals surface area (Å²) < 4.78 is 30.3. The number of methoxy groups -OCH3 is 1. The predicted octanol–water partition coefficient (Wildman–Crippen LogP) is 5.06. The Hall–Kier alpha value is -3.91. The molecule has 0 aromatic heterocycles. The quantitative estimate of drug-likeness (QED) is 0.336. The van der Waals surface area contributed by atoms with E-state index in [4.69, 9.17) is 25.8 Å². The van der Waals surface area contributed by atoms with Crippen molar-refractivity contribution in [3.63, 3.8) is 0 Å². The minimum Gasteiger partial charge on any atom is -0.493 e. The topological polar surface area (TPSA) is 90.9 Å². The smallest absolute Gasteiger partial charge is 0.338 e. The first-order chi connectivity index (χ1) is 16.3. The molecule has 0 unspecified atom stereocenters. The first kappa shape index (κ1) is 24.7. The maximum Gasteiger partial charge on any atom is 0.338 e. The maximum absolute atomic E-state index is 14.2. The van der Waals surface area contributed by atoms with Crippen molar-refractivity contribution in [2.75, 3.05) is 19.0 Å². The Balaban J connectivity index is 1.63. The van der Waals surface area contributed by atoms with Gasteiger partial charge >= 0.3 is 5.97 Å². The van der Waals surface area contributed by atoms with Crippen LogP contribution in [0.25, 0.3) is 0 Å². The van der Waals surface area contributed by atoms with Gasteiger partial charge in [-0.25, -0.2) is 9.18 Å². The zero-order valence-electron chi connectivity index (χ0n) is 18.4. The Kier molecular flexibility index (Phi) is 8.21. The van der Waals surface area contributed by atoms with Crippen molar-refractivity contribution in [1.29, 1.82) is 0 Å². The van der Waals surface area contributed by atoms with Gasteiger partial charge in [0.15, 0.2) is 18.1 Å². The van der Waals surface area contributed by atoms with E-state index in [1.807, 2.05) is 18.2 Å². The van der Waals surface area contributed by atoms with E-state index < -0.39 is 24.2 Å². The highest BCUT2D eigenvalue weighted by Gasteiger charge is 2.17. The number of Topliss-reactive ketones (excluding diaryl/α,β-unsaturated/α-hetero) is 1. The van der Waals surface area contributed by atoms with Crippen LogP contribution in [0, 0.1) is 5.82 Å². The standard InChI is InChI=1S/C25H21ClFNO6/c1-15(29)28-18-8-9-19(21(27)12-18)22(30)14-34-25(31)16-7-10-23(24(11-16)32-2)33-13-17-5-3-4-6-20(17)26/h3-12H,13-14H2,1-2H3,(H,28,29). The normalized spacial score (nSPS) is 10.4. The van der Waals surface area contributed by atoms with Crippen molar-refractivity contribution >= 4 is 34.9 Å². The highest BCUT2D eigenvalue weighted by atomic mass is 35.5. The van der Waals surface area contributed by atoms with Gasteiger partial charge in [-0.2, -0.15) is 0 Å². The van der Waals surface area contributed by atoms with E-state index in [9.17, 15) is 18.8 Å². The molecule has 0 heterocycles. The number of carbonyl (C=O) groups is 3. The van der Waals surface area contributed by atoms with E-state index >= 15 is 0 Å². The minimum absolute atomic E-state index is 0.122. The van der Waals surface area contributed by atoms with Gasteiger partial charge in [-0.15, -0.1) is 0 Å². The van der Waals surface area contributed by atoms with E-state index in [-0.39, 0.29) is 35.1 Å². The van der Waals surface area contributed by atoms with Gasteiger partial charge in [-0.3, -0.25) is 9.59 Å². The van der Waals surface area contributed by atoms with Gasteiger partial charge in [-0.05, 0) is 42.5 Å². The summed E-state index contributed by atoms with van der Waals surface area (Å²) in [4.78, 5) is 35.8. The lowest BCUT2D eigenvalue weighted by atomic mass is 10.1. The average molecular weight is 486 g/mol. The molecule has 0 atom stereocenters.